The van der Waals surface area contributed by atoms with Crippen LogP contribution in [0.2, 0.25) is 5.02 Å². The van der Waals surface area contributed by atoms with Gasteiger partial charge in [-0.05, 0) is 31.9 Å². The smallest absolute Gasteiger partial charge is 0.329 e. The number of hydrogen-bond acceptors (Lipinski definition) is 6. The molecule has 0 bridgehead atoms. The first-order valence-corrected chi connectivity index (χ1v) is 8.69. The molecular weight excluding hydrogens is 378 g/mol. The highest BCUT2D eigenvalue weighted by Crippen LogP contribution is 2.25. The quantitative estimate of drug-likeness (QED) is 0.391. The molecule has 0 aliphatic heterocycles. The second kappa shape index (κ2) is 9.86. The van der Waals surface area contributed by atoms with Crippen molar-refractivity contribution in [3.63, 3.8) is 0 Å². The molecule has 2 N–H and O–H groups in total. The van der Waals surface area contributed by atoms with Crippen LogP contribution in [0.4, 0.5) is 5.69 Å². The van der Waals surface area contributed by atoms with E-state index in [-0.39, 0.29) is 16.5 Å². The normalized spacial score (nSPS) is 12.8. The van der Waals surface area contributed by atoms with Crippen LogP contribution in [0.3, 0.4) is 0 Å². The second-order valence-electron chi connectivity index (χ2n) is 6.09. The van der Waals surface area contributed by atoms with Gasteiger partial charge in [0.2, 0.25) is 0 Å². The highest BCUT2D eigenvalue weighted by Gasteiger charge is 2.29. The zero-order chi connectivity index (χ0) is 20.7. The molecule has 0 saturated carbocycles. The average Bonchev–Trinajstić information content (AvgIpc) is 2.59. The fourth-order valence-corrected chi connectivity index (χ4v) is 2.32. The maximum absolute atomic E-state index is 12.4. The van der Waals surface area contributed by atoms with Crippen molar-refractivity contribution in [2.45, 2.75) is 39.8 Å². The Balaban J connectivity index is 2.92. The lowest BCUT2D eigenvalue weighted by Gasteiger charge is -2.23. The van der Waals surface area contributed by atoms with Gasteiger partial charge in [0, 0.05) is 18.2 Å². The molecule has 1 aromatic carbocycles. The number of hydrogen-bond donors (Lipinski definition) is 2. The molecule has 2 atom stereocenters. The van der Waals surface area contributed by atoms with E-state index in [0.29, 0.717) is 6.54 Å². The van der Waals surface area contributed by atoms with Crippen molar-refractivity contribution in [2.75, 3.05) is 6.54 Å². The molecule has 10 heteroatoms. The van der Waals surface area contributed by atoms with E-state index in [0.717, 1.165) is 6.07 Å². The standard InChI is InChI=1S/C17H22ClN3O6/c1-5-19-15(22)10(4)27-17(24)14(9(2)3)20-16(23)11-6-7-12(18)13(8-11)21(25)26/h6-10,14H,5H2,1-4H3,(H,19,22)(H,20,23)/t10-,14+/m1/s1. The maximum Gasteiger partial charge on any atom is 0.329 e. The van der Waals surface area contributed by atoms with E-state index in [4.69, 9.17) is 16.3 Å². The minimum atomic E-state index is -1.04. The number of amides is 2. The van der Waals surface area contributed by atoms with Crippen LogP contribution in [0.1, 0.15) is 38.1 Å². The Bertz CT molecular complexity index is 737. The van der Waals surface area contributed by atoms with Crippen LogP contribution >= 0.6 is 11.6 Å². The molecule has 27 heavy (non-hydrogen) atoms. The van der Waals surface area contributed by atoms with Gasteiger partial charge in [0.1, 0.15) is 11.1 Å². The lowest BCUT2D eigenvalue weighted by Crippen LogP contribution is -2.47. The van der Waals surface area contributed by atoms with E-state index >= 15 is 0 Å². The summed E-state index contributed by atoms with van der Waals surface area (Å²) in [6, 6.07) is 2.53. The monoisotopic (exact) mass is 399 g/mol. The predicted molar refractivity (Wildman–Crippen MR) is 98.4 cm³/mol. The molecule has 0 aliphatic carbocycles. The molecule has 0 heterocycles. The molecular formula is C17H22ClN3O6. The number of carbonyl (C=O) groups is 3. The molecule has 0 aromatic heterocycles. The number of nitro groups is 1. The Morgan fingerprint density at radius 1 is 1.26 bits per heavy atom. The number of carbonyl (C=O) groups excluding carboxylic acids is 3. The summed E-state index contributed by atoms with van der Waals surface area (Å²) < 4.78 is 5.11. The van der Waals surface area contributed by atoms with Crippen LogP contribution < -0.4 is 10.6 Å². The lowest BCUT2D eigenvalue weighted by atomic mass is 10.0. The van der Waals surface area contributed by atoms with Crippen LogP contribution in [0.25, 0.3) is 0 Å². The molecule has 0 fully saturated rings. The first-order valence-electron chi connectivity index (χ1n) is 8.31. The van der Waals surface area contributed by atoms with Crippen molar-refractivity contribution in [1.29, 1.82) is 0 Å². The van der Waals surface area contributed by atoms with Gasteiger partial charge in [0.15, 0.2) is 6.10 Å². The molecule has 148 valence electrons. The van der Waals surface area contributed by atoms with Gasteiger partial charge in [-0.1, -0.05) is 25.4 Å². The molecule has 1 aromatic rings. The fourth-order valence-electron chi connectivity index (χ4n) is 2.14. The van der Waals surface area contributed by atoms with Gasteiger partial charge in [-0.25, -0.2) is 4.79 Å². The number of likely N-dealkylation sites (N-methyl/N-ethyl adjacent to an activating group) is 1. The van der Waals surface area contributed by atoms with Crippen LogP contribution in [0, 0.1) is 16.0 Å². The summed E-state index contributed by atoms with van der Waals surface area (Å²) in [7, 11) is 0. The fraction of sp³-hybridized carbons (Fsp3) is 0.471. The van der Waals surface area contributed by atoms with Crippen molar-refractivity contribution in [2.24, 2.45) is 5.92 Å². The topological polar surface area (TPSA) is 128 Å². The summed E-state index contributed by atoms with van der Waals surface area (Å²) in [6.07, 6.45) is -1.02. The molecule has 0 unspecified atom stereocenters. The van der Waals surface area contributed by atoms with Gasteiger partial charge < -0.3 is 15.4 Å². The van der Waals surface area contributed by atoms with Crippen molar-refractivity contribution < 1.29 is 24.0 Å². The van der Waals surface area contributed by atoms with Crippen molar-refractivity contribution in [3.8, 4) is 0 Å². The zero-order valence-corrected chi connectivity index (χ0v) is 16.2. The average molecular weight is 400 g/mol. The van der Waals surface area contributed by atoms with E-state index in [2.05, 4.69) is 10.6 Å². The largest absolute Gasteiger partial charge is 0.451 e. The van der Waals surface area contributed by atoms with E-state index in [9.17, 15) is 24.5 Å². The van der Waals surface area contributed by atoms with E-state index in [1.54, 1.807) is 20.8 Å². The Morgan fingerprint density at radius 3 is 2.41 bits per heavy atom. The number of rotatable bonds is 8. The minimum Gasteiger partial charge on any atom is -0.451 e. The number of halogens is 1. The summed E-state index contributed by atoms with van der Waals surface area (Å²) in [5.41, 5.74) is -0.445. The predicted octanol–water partition coefficient (Wildman–Crippen LogP) is 2.07. The van der Waals surface area contributed by atoms with Gasteiger partial charge in [-0.15, -0.1) is 0 Å². The number of nitro benzene ring substituents is 1. The first-order chi connectivity index (χ1) is 12.6. The van der Waals surface area contributed by atoms with Crippen LogP contribution in [0.5, 0.6) is 0 Å². The molecule has 9 nitrogen and oxygen atoms in total. The van der Waals surface area contributed by atoms with Crippen LogP contribution in [-0.2, 0) is 14.3 Å². The van der Waals surface area contributed by atoms with Gasteiger partial charge in [-0.2, -0.15) is 0 Å². The molecule has 0 saturated heterocycles. The summed E-state index contributed by atoms with van der Waals surface area (Å²) in [4.78, 5) is 46.7. The summed E-state index contributed by atoms with van der Waals surface area (Å²) in [5, 5.41) is 15.9. The SMILES string of the molecule is CCNC(=O)[C@@H](C)OC(=O)[C@@H](NC(=O)c1ccc(Cl)c([N+](=O)[O-])c1)C(C)C. The highest BCUT2D eigenvalue weighted by molar-refractivity contribution is 6.32. The lowest BCUT2D eigenvalue weighted by molar-refractivity contribution is -0.384. The number of nitrogens with zero attached hydrogens (tertiary/aromatic N) is 1. The van der Waals surface area contributed by atoms with Gasteiger partial charge >= 0.3 is 5.97 Å². The molecule has 0 spiro atoms. The Kier molecular flexibility index (Phi) is 8.17. The summed E-state index contributed by atoms with van der Waals surface area (Å²) in [5.74, 6) is -2.27. The van der Waals surface area contributed by atoms with Gasteiger partial charge in [0.25, 0.3) is 17.5 Å². The number of esters is 1. The number of benzene rings is 1. The molecule has 0 aliphatic rings. The number of nitrogens with one attached hydrogen (secondary N) is 2. The Morgan fingerprint density at radius 2 is 1.89 bits per heavy atom. The molecule has 0 radical (unpaired) electrons. The van der Waals surface area contributed by atoms with E-state index in [1.165, 1.54) is 19.1 Å². The second-order valence-corrected chi connectivity index (χ2v) is 6.50. The van der Waals surface area contributed by atoms with Crippen molar-refractivity contribution in [1.82, 2.24) is 10.6 Å². The Labute approximate surface area is 161 Å². The molecule has 2 amide bonds. The van der Waals surface area contributed by atoms with Crippen molar-refractivity contribution >= 4 is 35.1 Å². The van der Waals surface area contributed by atoms with E-state index < -0.39 is 40.5 Å². The van der Waals surface area contributed by atoms with Gasteiger partial charge in [-0.3, -0.25) is 19.7 Å². The van der Waals surface area contributed by atoms with Crippen LogP contribution in [0.15, 0.2) is 18.2 Å². The van der Waals surface area contributed by atoms with E-state index in [1.807, 2.05) is 0 Å². The van der Waals surface area contributed by atoms with Gasteiger partial charge in [0.05, 0.1) is 4.92 Å². The third kappa shape index (κ3) is 6.21. The minimum absolute atomic E-state index is 0.0266. The zero-order valence-electron chi connectivity index (χ0n) is 15.4. The number of ether oxygens (including phenoxy) is 1. The Hall–Kier alpha value is -2.68. The third-order valence-electron chi connectivity index (χ3n) is 3.63. The molecule has 1 rings (SSSR count). The van der Waals surface area contributed by atoms with Crippen LogP contribution in [-0.4, -0.2) is 41.4 Å². The summed E-state index contributed by atoms with van der Waals surface area (Å²) >= 11 is 5.73. The highest BCUT2D eigenvalue weighted by atomic mass is 35.5. The first kappa shape index (κ1) is 22.4. The maximum atomic E-state index is 12.4. The van der Waals surface area contributed by atoms with Crippen molar-refractivity contribution in [3.05, 3.63) is 38.9 Å². The summed E-state index contributed by atoms with van der Waals surface area (Å²) in [6.45, 7) is 6.92. The third-order valence-corrected chi connectivity index (χ3v) is 3.94.